The molecular weight excluding hydrogens is 411 g/mol. The molecule has 0 aliphatic heterocycles. The minimum atomic E-state index is -1.32. The number of amidine groups is 1. The Kier molecular flexibility index (Phi) is 6.99. The number of nitrogens with zero attached hydrogens (tertiary/aromatic N) is 5. The number of carbonyl (C=O) groups is 1. The van der Waals surface area contributed by atoms with Crippen LogP contribution in [0.25, 0.3) is 16.5 Å². The maximum Gasteiger partial charge on any atom is 0.339 e. The van der Waals surface area contributed by atoms with Gasteiger partial charge in [0.05, 0.1) is 17.4 Å². The molecule has 0 aliphatic rings. The molecule has 164 valence electrons. The smallest absolute Gasteiger partial charge is 0.339 e. The lowest BCUT2D eigenvalue weighted by molar-refractivity contribution is 0.0694. The number of pyridine rings is 1. The van der Waals surface area contributed by atoms with Gasteiger partial charge in [-0.25, -0.2) is 29.1 Å². The van der Waals surface area contributed by atoms with E-state index in [4.69, 9.17) is 0 Å². The largest absolute Gasteiger partial charge is 0.478 e. The van der Waals surface area contributed by atoms with Gasteiger partial charge in [0.25, 0.3) is 0 Å². The number of hydrogen-bond acceptors (Lipinski definition) is 6. The second-order valence-electron chi connectivity index (χ2n) is 7.25. The molecular formula is C23H23FN6O2. The Balaban J connectivity index is 1.82. The maximum atomic E-state index is 14.0. The number of hydrogen-bond donors (Lipinski definition) is 2. The lowest BCUT2D eigenvalue weighted by Crippen LogP contribution is -2.12. The zero-order chi connectivity index (χ0) is 23.3. The number of para-hydroxylation sites is 1. The Morgan fingerprint density at radius 1 is 1.31 bits per heavy atom. The number of aliphatic imine (C=N–C) groups is 2. The first kappa shape index (κ1) is 22.7. The van der Waals surface area contributed by atoms with E-state index in [-0.39, 0.29) is 16.9 Å². The minimum absolute atomic E-state index is 0.0562. The van der Waals surface area contributed by atoms with Crippen LogP contribution in [0.5, 0.6) is 0 Å². The summed E-state index contributed by atoms with van der Waals surface area (Å²) in [6.45, 7) is 9.54. The summed E-state index contributed by atoms with van der Waals surface area (Å²) < 4.78 is 14.0. The predicted octanol–water partition coefficient (Wildman–Crippen LogP) is 4.56. The SMILES string of the molecule is C=N/C(C)=N\C=C(/C)c1cc(NC[C@@H](C)c2cccc3c(C(=O)O)c(F)cnc23)ncn1. The molecule has 0 unspecified atom stereocenters. The summed E-state index contributed by atoms with van der Waals surface area (Å²) in [5.41, 5.74) is 2.46. The Hall–Kier alpha value is -4.01. The van der Waals surface area contributed by atoms with Crippen molar-refractivity contribution in [3.63, 3.8) is 0 Å². The van der Waals surface area contributed by atoms with Crippen molar-refractivity contribution in [3.8, 4) is 0 Å². The molecule has 0 saturated heterocycles. The van der Waals surface area contributed by atoms with E-state index in [0.29, 0.717) is 29.4 Å². The van der Waals surface area contributed by atoms with Crippen LogP contribution >= 0.6 is 0 Å². The zero-order valence-corrected chi connectivity index (χ0v) is 18.0. The van der Waals surface area contributed by atoms with Gasteiger partial charge in [-0.3, -0.25) is 4.98 Å². The first-order valence-electron chi connectivity index (χ1n) is 9.86. The fourth-order valence-electron chi connectivity index (χ4n) is 3.17. The molecule has 3 rings (SSSR count). The number of anilines is 1. The molecule has 0 fully saturated rings. The van der Waals surface area contributed by atoms with Crippen LogP contribution in [0.15, 0.2) is 53.0 Å². The Bertz CT molecular complexity index is 1240. The number of rotatable bonds is 7. The molecule has 9 heteroatoms. The minimum Gasteiger partial charge on any atom is -0.478 e. The molecule has 1 atom stereocenters. The van der Waals surface area contributed by atoms with E-state index in [2.05, 4.69) is 37.0 Å². The van der Waals surface area contributed by atoms with E-state index in [1.54, 1.807) is 25.3 Å². The van der Waals surface area contributed by atoms with Gasteiger partial charge < -0.3 is 10.4 Å². The monoisotopic (exact) mass is 434 g/mol. The van der Waals surface area contributed by atoms with Gasteiger partial charge in [0, 0.05) is 30.1 Å². The van der Waals surface area contributed by atoms with Crippen LogP contribution in [0.2, 0.25) is 0 Å². The van der Waals surface area contributed by atoms with Crippen LogP contribution in [0.3, 0.4) is 0 Å². The summed E-state index contributed by atoms with van der Waals surface area (Å²) in [7, 11) is 0. The second kappa shape index (κ2) is 9.86. The summed E-state index contributed by atoms with van der Waals surface area (Å²) in [5, 5.41) is 12.9. The molecule has 0 bridgehead atoms. The van der Waals surface area contributed by atoms with Crippen molar-refractivity contribution < 1.29 is 14.3 Å². The molecule has 0 radical (unpaired) electrons. The molecule has 2 N–H and O–H groups in total. The van der Waals surface area contributed by atoms with E-state index in [1.165, 1.54) is 6.33 Å². The molecule has 2 heterocycles. The third kappa shape index (κ3) is 5.00. The van der Waals surface area contributed by atoms with Gasteiger partial charge in [-0.15, -0.1) is 0 Å². The summed E-state index contributed by atoms with van der Waals surface area (Å²) >= 11 is 0. The van der Waals surface area contributed by atoms with Gasteiger partial charge in [0.2, 0.25) is 0 Å². The molecule has 0 saturated carbocycles. The average Bonchev–Trinajstić information content (AvgIpc) is 2.79. The highest BCUT2D eigenvalue weighted by atomic mass is 19.1. The number of aromatic nitrogens is 3. The third-order valence-corrected chi connectivity index (χ3v) is 4.96. The van der Waals surface area contributed by atoms with Gasteiger partial charge in [-0.2, -0.15) is 0 Å². The quantitative estimate of drug-likeness (QED) is 0.416. The van der Waals surface area contributed by atoms with Crippen molar-refractivity contribution in [1.82, 2.24) is 15.0 Å². The third-order valence-electron chi connectivity index (χ3n) is 4.96. The molecule has 2 aromatic heterocycles. The predicted molar refractivity (Wildman–Crippen MR) is 124 cm³/mol. The zero-order valence-electron chi connectivity index (χ0n) is 18.0. The van der Waals surface area contributed by atoms with Crippen LogP contribution in [0.4, 0.5) is 10.2 Å². The van der Waals surface area contributed by atoms with Gasteiger partial charge >= 0.3 is 5.97 Å². The highest BCUT2D eigenvalue weighted by Gasteiger charge is 2.19. The number of nitrogens with one attached hydrogen (secondary N) is 1. The molecule has 0 amide bonds. The van der Waals surface area contributed by atoms with Crippen molar-refractivity contribution in [2.24, 2.45) is 9.98 Å². The topological polar surface area (TPSA) is 113 Å². The first-order chi connectivity index (χ1) is 15.3. The van der Waals surface area contributed by atoms with Crippen LogP contribution in [-0.2, 0) is 0 Å². The van der Waals surface area contributed by atoms with Gasteiger partial charge in [-0.05, 0) is 31.7 Å². The number of allylic oxidation sites excluding steroid dienone is 1. The highest BCUT2D eigenvalue weighted by Crippen LogP contribution is 2.28. The summed E-state index contributed by atoms with van der Waals surface area (Å²) in [4.78, 5) is 32.1. The number of benzene rings is 1. The van der Waals surface area contributed by atoms with Gasteiger partial charge in [-0.1, -0.05) is 25.1 Å². The van der Waals surface area contributed by atoms with Gasteiger partial charge in [0.1, 0.15) is 23.5 Å². The maximum absolute atomic E-state index is 14.0. The lowest BCUT2D eigenvalue weighted by Gasteiger charge is -2.16. The van der Waals surface area contributed by atoms with Gasteiger partial charge in [0.15, 0.2) is 5.82 Å². The van der Waals surface area contributed by atoms with Crippen molar-refractivity contribution in [3.05, 3.63) is 65.6 Å². The summed E-state index contributed by atoms with van der Waals surface area (Å²) in [5.74, 6) is -1.05. The number of fused-ring (bicyclic) bond motifs is 1. The molecule has 0 aliphatic carbocycles. The number of carboxylic acid groups (broad SMARTS) is 1. The van der Waals surface area contributed by atoms with Crippen molar-refractivity contribution in [2.45, 2.75) is 26.7 Å². The molecule has 1 aromatic carbocycles. The molecule has 32 heavy (non-hydrogen) atoms. The fraction of sp³-hybridized carbons (Fsp3) is 0.217. The van der Waals surface area contributed by atoms with E-state index in [1.807, 2.05) is 26.0 Å². The Morgan fingerprint density at radius 3 is 2.81 bits per heavy atom. The lowest BCUT2D eigenvalue weighted by atomic mass is 9.96. The van der Waals surface area contributed by atoms with Crippen LogP contribution in [0, 0.1) is 5.82 Å². The Labute approximate surface area is 184 Å². The standard InChI is InChI=1S/C23H23FN6O2/c1-13(16-6-5-7-17-21(23(31)32)18(24)11-28-22(16)17)9-27-20-8-19(29-12-30-20)14(2)10-26-15(3)25-4/h5-8,10-13H,4,9H2,1-3H3,(H,31,32)(H,27,29,30)/b14-10+,26-15-/t13-/m1/s1. The fourth-order valence-corrected chi connectivity index (χ4v) is 3.17. The average molecular weight is 434 g/mol. The number of aromatic carboxylic acids is 1. The first-order valence-corrected chi connectivity index (χ1v) is 9.86. The molecule has 3 aromatic rings. The van der Waals surface area contributed by atoms with E-state index >= 15 is 0 Å². The van der Waals surface area contributed by atoms with E-state index in [0.717, 1.165) is 17.3 Å². The van der Waals surface area contributed by atoms with E-state index < -0.39 is 11.8 Å². The van der Waals surface area contributed by atoms with Crippen molar-refractivity contribution >= 4 is 40.8 Å². The summed E-state index contributed by atoms with van der Waals surface area (Å²) in [6.07, 6.45) is 4.08. The van der Waals surface area contributed by atoms with Crippen LogP contribution < -0.4 is 5.32 Å². The molecule has 0 spiro atoms. The normalized spacial score (nSPS) is 13.1. The number of halogens is 1. The molecule has 8 nitrogen and oxygen atoms in total. The van der Waals surface area contributed by atoms with Crippen LogP contribution in [-0.4, -0.2) is 45.1 Å². The highest BCUT2D eigenvalue weighted by molar-refractivity contribution is 6.03. The number of carboxylic acids is 1. The van der Waals surface area contributed by atoms with Crippen LogP contribution in [0.1, 0.15) is 48.3 Å². The Morgan fingerprint density at radius 2 is 2.09 bits per heavy atom. The summed E-state index contributed by atoms with van der Waals surface area (Å²) in [6, 6.07) is 6.94. The van der Waals surface area contributed by atoms with E-state index in [9.17, 15) is 14.3 Å². The van der Waals surface area contributed by atoms with Crippen molar-refractivity contribution in [2.75, 3.05) is 11.9 Å². The van der Waals surface area contributed by atoms with Crippen molar-refractivity contribution in [1.29, 1.82) is 0 Å². The second-order valence-corrected chi connectivity index (χ2v) is 7.25.